The molecule has 1 aliphatic carbocycles. The van der Waals surface area contributed by atoms with E-state index in [1.807, 2.05) is 30.3 Å². The van der Waals surface area contributed by atoms with Crippen LogP contribution in [0.25, 0.3) is 0 Å². The van der Waals surface area contributed by atoms with Crippen molar-refractivity contribution in [1.82, 2.24) is 0 Å². The summed E-state index contributed by atoms with van der Waals surface area (Å²) >= 11 is 0. The number of rotatable bonds is 1. The van der Waals surface area contributed by atoms with E-state index in [9.17, 15) is 0 Å². The molecule has 1 aromatic carbocycles. The summed E-state index contributed by atoms with van der Waals surface area (Å²) in [4.78, 5) is 0. The quantitative estimate of drug-likeness (QED) is 0.474. The molecule has 0 heterocycles. The molecule has 0 atom stereocenters. The molecule has 0 spiro atoms. The van der Waals surface area contributed by atoms with Crippen molar-refractivity contribution in [2.45, 2.75) is 6.92 Å². The van der Waals surface area contributed by atoms with Crippen LogP contribution in [0, 0.1) is 23.7 Å². The minimum absolute atomic E-state index is 0.404. The Balaban J connectivity index is 2.05. The molecule has 0 saturated carbocycles. The third-order valence-electron chi connectivity index (χ3n) is 2.43. The molecule has 1 aliphatic rings. The van der Waals surface area contributed by atoms with E-state index < -0.39 is 0 Å². The zero-order valence-electron chi connectivity index (χ0n) is 8.77. The van der Waals surface area contributed by atoms with Crippen LogP contribution in [0.5, 0.6) is 0 Å². The first-order valence-electron chi connectivity index (χ1n) is 5.12. The maximum atomic E-state index is 3.20. The lowest BCUT2D eigenvalue weighted by Gasteiger charge is -1.98. The van der Waals surface area contributed by atoms with Gasteiger partial charge in [0.05, 0.1) is 5.92 Å². The Labute approximate surface area is 91.3 Å². The highest BCUT2D eigenvalue weighted by molar-refractivity contribution is 5.41. The highest BCUT2D eigenvalue weighted by atomic mass is 14.1. The van der Waals surface area contributed by atoms with Crippen LogP contribution in [0.3, 0.4) is 0 Å². The zero-order chi connectivity index (χ0) is 10.5. The van der Waals surface area contributed by atoms with Gasteiger partial charge in [0.25, 0.3) is 0 Å². The second-order valence-electron chi connectivity index (χ2n) is 3.59. The molecular formula is C15H13+. The number of hydrogen-bond donors (Lipinski definition) is 0. The van der Waals surface area contributed by atoms with Crippen molar-refractivity contribution in [2.75, 3.05) is 0 Å². The zero-order valence-corrected chi connectivity index (χ0v) is 8.77. The van der Waals surface area contributed by atoms with Crippen molar-refractivity contribution in [3.63, 3.8) is 0 Å². The van der Waals surface area contributed by atoms with E-state index in [1.165, 1.54) is 5.92 Å². The maximum absolute atomic E-state index is 3.20. The van der Waals surface area contributed by atoms with Gasteiger partial charge in [-0.2, -0.15) is 0 Å². The Morgan fingerprint density at radius 3 is 2.40 bits per heavy atom. The van der Waals surface area contributed by atoms with Crippen molar-refractivity contribution < 1.29 is 0 Å². The third kappa shape index (κ3) is 2.54. The predicted molar refractivity (Wildman–Crippen MR) is 64.0 cm³/mol. The van der Waals surface area contributed by atoms with Gasteiger partial charge in [-0.3, -0.25) is 0 Å². The Morgan fingerprint density at radius 2 is 1.73 bits per heavy atom. The molecule has 0 aromatic heterocycles. The topological polar surface area (TPSA) is 0 Å². The van der Waals surface area contributed by atoms with Gasteiger partial charge in [0.15, 0.2) is 5.92 Å². The molecule has 15 heavy (non-hydrogen) atoms. The molecule has 2 rings (SSSR count). The monoisotopic (exact) mass is 193 g/mol. The number of benzene rings is 1. The van der Waals surface area contributed by atoms with E-state index in [2.05, 4.69) is 43.1 Å². The van der Waals surface area contributed by atoms with Gasteiger partial charge < -0.3 is 0 Å². The summed E-state index contributed by atoms with van der Waals surface area (Å²) in [6.07, 6.45) is 8.46. The van der Waals surface area contributed by atoms with E-state index in [4.69, 9.17) is 0 Å². The van der Waals surface area contributed by atoms with Gasteiger partial charge in [0.1, 0.15) is 17.4 Å². The highest BCUT2D eigenvalue weighted by Gasteiger charge is 2.18. The van der Waals surface area contributed by atoms with Gasteiger partial charge in [-0.1, -0.05) is 42.5 Å². The molecule has 0 nitrogen and oxygen atoms in total. The molecule has 0 saturated heterocycles. The molecule has 0 fully saturated rings. The minimum atomic E-state index is 0.404. The predicted octanol–water partition coefficient (Wildman–Crippen LogP) is 3.37. The van der Waals surface area contributed by atoms with Gasteiger partial charge >= 0.3 is 0 Å². The van der Waals surface area contributed by atoms with Crippen LogP contribution in [0.2, 0.25) is 0 Å². The fraction of sp³-hybridized carbons (Fsp3) is 0.133. The van der Waals surface area contributed by atoms with Crippen LogP contribution in [0.1, 0.15) is 12.5 Å². The third-order valence-corrected chi connectivity index (χ3v) is 2.43. The molecule has 0 heteroatoms. The first kappa shape index (κ1) is 9.68. The van der Waals surface area contributed by atoms with Crippen molar-refractivity contribution in [1.29, 1.82) is 0 Å². The molecule has 1 aromatic rings. The summed E-state index contributed by atoms with van der Waals surface area (Å²) < 4.78 is 0. The summed E-state index contributed by atoms with van der Waals surface area (Å²) in [7, 11) is 0. The molecule has 0 bridgehead atoms. The van der Waals surface area contributed by atoms with Gasteiger partial charge in [-0.05, 0) is 12.1 Å². The molecule has 0 amide bonds. The molecule has 72 valence electrons. The lowest BCUT2D eigenvalue weighted by molar-refractivity contribution is 0.898. The van der Waals surface area contributed by atoms with Crippen molar-refractivity contribution >= 4 is 0 Å². The SMILES string of the molecule is C[C+](C#Cc1ccccc1)C1C=CC=C1. The standard InChI is InChI=1S/C15H13/c1-13(15-9-5-6-10-15)11-12-14-7-3-2-4-8-14/h2-10,15H,1H3/q+1. The molecular weight excluding hydrogens is 180 g/mol. The van der Waals surface area contributed by atoms with Gasteiger partial charge in [-0.25, -0.2) is 0 Å². The van der Waals surface area contributed by atoms with E-state index in [1.54, 1.807) is 0 Å². The normalized spacial score (nSPS) is 13.7. The van der Waals surface area contributed by atoms with E-state index in [0.29, 0.717) is 5.92 Å². The Bertz CT molecular complexity index is 414. The first-order valence-corrected chi connectivity index (χ1v) is 5.12. The summed E-state index contributed by atoms with van der Waals surface area (Å²) in [6, 6.07) is 10.1. The summed E-state index contributed by atoms with van der Waals surface area (Å²) in [5.41, 5.74) is 1.07. The minimum Gasteiger partial charge on any atom is -0.0637 e. The molecule has 0 N–H and O–H groups in total. The van der Waals surface area contributed by atoms with Crippen molar-refractivity contribution in [3.8, 4) is 11.8 Å². The summed E-state index contributed by atoms with van der Waals surface area (Å²) in [5.74, 6) is 7.97. The van der Waals surface area contributed by atoms with Crippen molar-refractivity contribution in [3.05, 3.63) is 66.1 Å². The maximum Gasteiger partial charge on any atom is 0.160 e. The molecule has 0 aliphatic heterocycles. The van der Waals surface area contributed by atoms with Gasteiger partial charge in [0.2, 0.25) is 0 Å². The second kappa shape index (κ2) is 4.57. The molecule has 0 unspecified atom stereocenters. The fourth-order valence-electron chi connectivity index (χ4n) is 1.50. The number of hydrogen-bond acceptors (Lipinski definition) is 0. The van der Waals surface area contributed by atoms with Crippen LogP contribution < -0.4 is 0 Å². The lowest BCUT2D eigenvalue weighted by Crippen LogP contribution is -1.99. The van der Waals surface area contributed by atoms with E-state index in [0.717, 1.165) is 5.56 Å². The molecule has 0 radical (unpaired) electrons. The largest absolute Gasteiger partial charge is 0.160 e. The van der Waals surface area contributed by atoms with E-state index >= 15 is 0 Å². The fourth-order valence-corrected chi connectivity index (χ4v) is 1.50. The Kier molecular flexibility index (Phi) is 2.95. The van der Waals surface area contributed by atoms with Crippen LogP contribution >= 0.6 is 0 Å². The average molecular weight is 193 g/mol. The van der Waals surface area contributed by atoms with Crippen LogP contribution in [-0.4, -0.2) is 0 Å². The van der Waals surface area contributed by atoms with Crippen LogP contribution in [0.4, 0.5) is 0 Å². The van der Waals surface area contributed by atoms with Gasteiger partial charge in [-0.15, -0.1) is 0 Å². The summed E-state index contributed by atoms with van der Waals surface area (Å²) in [5, 5.41) is 0. The average Bonchev–Trinajstić information content (AvgIpc) is 2.81. The number of allylic oxidation sites excluding steroid dienone is 4. The van der Waals surface area contributed by atoms with Crippen LogP contribution in [-0.2, 0) is 0 Å². The Hall–Kier alpha value is -1.87. The highest BCUT2D eigenvalue weighted by Crippen LogP contribution is 2.20. The second-order valence-corrected chi connectivity index (χ2v) is 3.59. The van der Waals surface area contributed by atoms with E-state index in [-0.39, 0.29) is 0 Å². The Morgan fingerprint density at radius 1 is 1.07 bits per heavy atom. The summed E-state index contributed by atoms with van der Waals surface area (Å²) in [6.45, 7) is 2.08. The van der Waals surface area contributed by atoms with Gasteiger partial charge in [0, 0.05) is 6.92 Å². The van der Waals surface area contributed by atoms with Crippen molar-refractivity contribution in [2.24, 2.45) is 5.92 Å². The first-order chi connectivity index (χ1) is 7.36. The smallest absolute Gasteiger partial charge is 0.0637 e. The lowest BCUT2D eigenvalue weighted by atomic mass is 9.96. The van der Waals surface area contributed by atoms with Crippen LogP contribution in [0.15, 0.2) is 54.6 Å².